The van der Waals surface area contributed by atoms with Crippen LogP contribution in [0.4, 0.5) is 5.82 Å². The lowest BCUT2D eigenvalue weighted by molar-refractivity contribution is -0.120. The van der Waals surface area contributed by atoms with Gasteiger partial charge >= 0.3 is 0 Å². The highest BCUT2D eigenvalue weighted by Crippen LogP contribution is 2.42. The lowest BCUT2D eigenvalue weighted by atomic mass is 9.96. The van der Waals surface area contributed by atoms with E-state index in [2.05, 4.69) is 40.5 Å². The molecule has 3 atom stereocenters. The first kappa shape index (κ1) is 28.3. The standard InChI is InChI=1S/C15H21ClN2O2.C12H19N3O/c1-18(13-6-8-20-9-7-13)10-14(15(17)19)11-2-4-12(16)5-3-11;1-4-15(5-2)12-10-8(3)6-9(16)11(10)13-7-14-12/h2-5,13-14H,6-10H2,1H3,(H2,17,19);7-9,16H,4-6H2,1-3H3/t14-;8-,9-/m11/s1. The van der Waals surface area contributed by atoms with Crippen molar-refractivity contribution < 1.29 is 14.6 Å². The van der Waals surface area contributed by atoms with Gasteiger partial charge in [0.15, 0.2) is 0 Å². The lowest BCUT2D eigenvalue weighted by Gasteiger charge is -2.33. The summed E-state index contributed by atoms with van der Waals surface area (Å²) < 4.78 is 5.37. The van der Waals surface area contributed by atoms with Crippen molar-refractivity contribution in [3.63, 3.8) is 0 Å². The van der Waals surface area contributed by atoms with E-state index in [0.29, 0.717) is 23.5 Å². The summed E-state index contributed by atoms with van der Waals surface area (Å²) >= 11 is 5.88. The van der Waals surface area contributed by atoms with E-state index >= 15 is 0 Å². The Bertz CT molecular complexity index is 980. The second kappa shape index (κ2) is 13.3. The van der Waals surface area contributed by atoms with Gasteiger partial charge in [-0.25, -0.2) is 9.97 Å². The average molecular weight is 518 g/mol. The Morgan fingerprint density at radius 2 is 1.83 bits per heavy atom. The van der Waals surface area contributed by atoms with Gasteiger partial charge in [0.05, 0.1) is 17.7 Å². The number of anilines is 1. The monoisotopic (exact) mass is 517 g/mol. The number of benzene rings is 1. The fourth-order valence-corrected chi connectivity index (χ4v) is 5.22. The van der Waals surface area contributed by atoms with Crippen LogP contribution in [0.5, 0.6) is 0 Å². The Morgan fingerprint density at radius 1 is 1.19 bits per heavy atom. The van der Waals surface area contributed by atoms with Gasteiger partial charge in [0.2, 0.25) is 5.91 Å². The van der Waals surface area contributed by atoms with Crippen molar-refractivity contribution in [1.29, 1.82) is 0 Å². The minimum Gasteiger partial charge on any atom is -0.387 e. The van der Waals surface area contributed by atoms with Crippen LogP contribution in [0.25, 0.3) is 0 Å². The summed E-state index contributed by atoms with van der Waals surface area (Å²) in [5.41, 5.74) is 8.44. The van der Waals surface area contributed by atoms with Gasteiger partial charge in [-0.1, -0.05) is 30.7 Å². The summed E-state index contributed by atoms with van der Waals surface area (Å²) in [6, 6.07) is 7.78. The van der Waals surface area contributed by atoms with Crippen LogP contribution in [-0.4, -0.2) is 71.8 Å². The Hall–Kier alpha value is -2.26. The van der Waals surface area contributed by atoms with Crippen molar-refractivity contribution in [3.05, 3.63) is 52.4 Å². The zero-order chi connectivity index (χ0) is 26.2. The normalized spacial score (nSPS) is 20.4. The number of rotatable bonds is 8. The second-order valence-corrected chi connectivity index (χ2v) is 10.0. The van der Waals surface area contributed by atoms with E-state index in [-0.39, 0.29) is 11.8 Å². The molecule has 0 radical (unpaired) electrons. The van der Waals surface area contributed by atoms with Crippen molar-refractivity contribution in [2.45, 2.75) is 64.0 Å². The molecule has 2 heterocycles. The van der Waals surface area contributed by atoms with E-state index in [1.165, 1.54) is 0 Å². The molecule has 9 heteroatoms. The number of hydrogen-bond donors (Lipinski definition) is 2. The molecule has 8 nitrogen and oxygen atoms in total. The molecule has 1 amide bonds. The van der Waals surface area contributed by atoms with Crippen molar-refractivity contribution in [1.82, 2.24) is 14.9 Å². The van der Waals surface area contributed by atoms with E-state index in [0.717, 1.165) is 68.2 Å². The largest absolute Gasteiger partial charge is 0.387 e. The fraction of sp³-hybridized carbons (Fsp3) is 0.593. The minimum atomic E-state index is -0.415. The molecule has 1 fully saturated rings. The number of halogens is 1. The number of carbonyl (C=O) groups excluding carboxylic acids is 1. The number of aliphatic hydroxyl groups is 1. The number of nitrogens with two attached hydrogens (primary N) is 1. The van der Waals surface area contributed by atoms with Crippen molar-refractivity contribution in [3.8, 4) is 0 Å². The molecule has 1 aliphatic carbocycles. The maximum absolute atomic E-state index is 11.7. The third kappa shape index (κ3) is 6.94. The molecule has 4 rings (SSSR count). The first-order valence-corrected chi connectivity index (χ1v) is 13.2. The summed E-state index contributed by atoms with van der Waals surface area (Å²) in [6.07, 6.45) is 3.92. The summed E-state index contributed by atoms with van der Waals surface area (Å²) in [6.45, 7) is 10.4. The van der Waals surface area contributed by atoms with Gasteiger partial charge in [0.25, 0.3) is 0 Å². The first-order chi connectivity index (χ1) is 17.3. The van der Waals surface area contributed by atoms with Crippen LogP contribution in [0.2, 0.25) is 5.02 Å². The number of likely N-dealkylation sites (N-methyl/N-ethyl adjacent to an activating group) is 1. The molecular weight excluding hydrogens is 478 g/mol. The van der Waals surface area contributed by atoms with Crippen molar-refractivity contribution in [2.24, 2.45) is 5.73 Å². The molecule has 2 aromatic rings. The molecule has 0 bridgehead atoms. The summed E-state index contributed by atoms with van der Waals surface area (Å²) in [7, 11) is 2.04. The van der Waals surface area contributed by atoms with Crippen LogP contribution in [0.3, 0.4) is 0 Å². The van der Waals surface area contributed by atoms with Crippen molar-refractivity contribution >= 4 is 23.3 Å². The van der Waals surface area contributed by atoms with Gasteiger partial charge in [0.1, 0.15) is 12.1 Å². The number of fused-ring (bicyclic) bond motifs is 1. The Morgan fingerprint density at radius 3 is 2.42 bits per heavy atom. The van der Waals surface area contributed by atoms with Crippen LogP contribution >= 0.6 is 11.6 Å². The highest BCUT2D eigenvalue weighted by atomic mass is 35.5. The van der Waals surface area contributed by atoms with Gasteiger partial charge in [-0.2, -0.15) is 0 Å². The number of primary amides is 1. The molecule has 1 aromatic heterocycles. The molecule has 1 aliphatic heterocycles. The zero-order valence-corrected chi connectivity index (χ0v) is 22.6. The topological polar surface area (TPSA) is 105 Å². The van der Waals surface area contributed by atoms with Gasteiger partial charge in [-0.05, 0) is 63.8 Å². The van der Waals surface area contributed by atoms with Gasteiger partial charge < -0.3 is 25.4 Å². The van der Waals surface area contributed by atoms with Crippen LogP contribution in [0, 0.1) is 0 Å². The number of hydrogen-bond acceptors (Lipinski definition) is 7. The molecule has 0 saturated carbocycles. The summed E-state index contributed by atoms with van der Waals surface area (Å²) in [5.74, 6) is 0.743. The zero-order valence-electron chi connectivity index (χ0n) is 21.9. The Kier molecular flexibility index (Phi) is 10.5. The average Bonchev–Trinajstić information content (AvgIpc) is 3.18. The summed E-state index contributed by atoms with van der Waals surface area (Å²) in [4.78, 5) is 24.8. The predicted octanol–water partition coefficient (Wildman–Crippen LogP) is 3.88. The third-order valence-corrected chi connectivity index (χ3v) is 7.49. The first-order valence-electron chi connectivity index (χ1n) is 12.9. The molecule has 1 saturated heterocycles. The lowest BCUT2D eigenvalue weighted by Crippen LogP contribution is -2.41. The molecule has 2 aliphatic rings. The number of carbonyl (C=O) groups is 1. The number of aromatic nitrogens is 2. The second-order valence-electron chi connectivity index (χ2n) is 9.61. The van der Waals surface area contributed by atoms with E-state index in [1.54, 1.807) is 18.5 Å². The molecule has 0 spiro atoms. The molecule has 3 N–H and O–H groups in total. The highest BCUT2D eigenvalue weighted by molar-refractivity contribution is 6.30. The third-order valence-electron chi connectivity index (χ3n) is 7.24. The fourth-order valence-electron chi connectivity index (χ4n) is 5.09. The van der Waals surface area contributed by atoms with E-state index in [1.807, 2.05) is 19.2 Å². The van der Waals surface area contributed by atoms with E-state index in [4.69, 9.17) is 22.1 Å². The number of aliphatic hydroxyl groups excluding tert-OH is 1. The Labute approximate surface area is 219 Å². The minimum absolute atomic E-state index is 0.300. The molecule has 1 aromatic carbocycles. The number of amides is 1. The molecule has 36 heavy (non-hydrogen) atoms. The van der Waals surface area contributed by atoms with Gasteiger partial charge in [-0.3, -0.25) is 4.79 Å². The maximum atomic E-state index is 11.7. The van der Waals surface area contributed by atoms with Gasteiger partial charge in [0, 0.05) is 49.5 Å². The van der Waals surface area contributed by atoms with Crippen LogP contribution in [-0.2, 0) is 9.53 Å². The maximum Gasteiger partial charge on any atom is 0.226 e. The van der Waals surface area contributed by atoms with Crippen LogP contribution in [0.15, 0.2) is 30.6 Å². The van der Waals surface area contributed by atoms with Crippen LogP contribution in [0.1, 0.15) is 74.8 Å². The molecule has 0 unspecified atom stereocenters. The SMILES string of the molecule is CCN(CC)c1ncnc2c1[C@H](C)C[C@H]2O.CN(C[C@@H](C(N)=O)c1ccc(Cl)cc1)C1CCOCC1. The highest BCUT2D eigenvalue weighted by Gasteiger charge is 2.32. The quantitative estimate of drug-likeness (QED) is 0.547. The molecule has 198 valence electrons. The van der Waals surface area contributed by atoms with Crippen molar-refractivity contribution in [2.75, 3.05) is 44.8 Å². The Balaban J connectivity index is 0.000000205. The number of ether oxygens (including phenoxy) is 1. The predicted molar refractivity (Wildman–Crippen MR) is 143 cm³/mol. The molecular formula is C27H40ClN5O3. The number of nitrogens with zero attached hydrogens (tertiary/aromatic N) is 4. The van der Waals surface area contributed by atoms with Crippen LogP contribution < -0.4 is 10.6 Å². The van der Waals surface area contributed by atoms with E-state index < -0.39 is 6.10 Å². The van der Waals surface area contributed by atoms with E-state index in [9.17, 15) is 9.90 Å². The smallest absolute Gasteiger partial charge is 0.226 e. The van der Waals surface area contributed by atoms with Gasteiger partial charge in [-0.15, -0.1) is 0 Å². The summed E-state index contributed by atoms with van der Waals surface area (Å²) in [5, 5.41) is 10.6.